The van der Waals surface area contributed by atoms with E-state index in [2.05, 4.69) is 28.0 Å². The van der Waals surface area contributed by atoms with Crippen LogP contribution in [0.4, 0.5) is 10.2 Å². The molecule has 0 aliphatic carbocycles. The molecule has 0 spiro atoms. The summed E-state index contributed by atoms with van der Waals surface area (Å²) >= 11 is 0. The third kappa shape index (κ3) is 4.22. The van der Waals surface area contributed by atoms with Gasteiger partial charge in [0, 0.05) is 31.2 Å². The van der Waals surface area contributed by atoms with Crippen LogP contribution in [-0.4, -0.2) is 38.5 Å². The molecule has 0 bridgehead atoms. The lowest BCUT2D eigenvalue weighted by Gasteiger charge is -2.33. The van der Waals surface area contributed by atoms with E-state index in [9.17, 15) is 8.60 Å². The lowest BCUT2D eigenvalue weighted by atomic mass is 10.1. The highest BCUT2D eigenvalue weighted by Gasteiger charge is 2.20. The molecule has 2 aromatic heterocycles. The van der Waals surface area contributed by atoms with Gasteiger partial charge in [0.2, 0.25) is 5.16 Å². The van der Waals surface area contributed by atoms with Gasteiger partial charge in [0.05, 0.1) is 21.7 Å². The first-order chi connectivity index (χ1) is 12.4. The Bertz CT molecular complexity index is 921. The number of aromatic nitrogens is 3. The first kappa shape index (κ1) is 18.4. The number of aryl methyl sites for hydroxylation is 1. The Morgan fingerprint density at radius 2 is 2.12 bits per heavy atom. The summed E-state index contributed by atoms with van der Waals surface area (Å²) in [6.07, 6.45) is 8.65. The second-order valence-electron chi connectivity index (χ2n) is 6.26. The molecule has 136 valence electrons. The molecular formula is C19H21FN4OS. The minimum Gasteiger partial charge on any atom is -0.356 e. The highest BCUT2D eigenvalue weighted by atomic mass is 32.2. The van der Waals surface area contributed by atoms with Crippen LogP contribution in [0.2, 0.25) is 0 Å². The summed E-state index contributed by atoms with van der Waals surface area (Å²) in [4.78, 5) is 15.6. The van der Waals surface area contributed by atoms with Crippen LogP contribution in [0.5, 0.6) is 0 Å². The molecule has 5 nitrogen and oxygen atoms in total. The lowest BCUT2D eigenvalue weighted by molar-refractivity contribution is 0.610. The Labute approximate surface area is 154 Å². The maximum atomic E-state index is 12.7. The smallest absolute Gasteiger partial charge is 0.218 e. The first-order valence-corrected chi connectivity index (χ1v) is 9.95. The monoisotopic (exact) mass is 372 g/mol. The average Bonchev–Trinajstić information content (AvgIpc) is 2.56. The summed E-state index contributed by atoms with van der Waals surface area (Å²) in [5.74, 6) is 0.377. The zero-order valence-electron chi connectivity index (χ0n) is 14.7. The molecule has 1 unspecified atom stereocenters. The van der Waals surface area contributed by atoms with Crippen LogP contribution in [-0.2, 0) is 17.2 Å². The number of rotatable bonds is 7. The van der Waals surface area contributed by atoms with E-state index in [0.29, 0.717) is 18.0 Å². The van der Waals surface area contributed by atoms with Crippen molar-refractivity contribution in [1.29, 1.82) is 0 Å². The molecule has 3 heterocycles. The van der Waals surface area contributed by atoms with Gasteiger partial charge in [0.25, 0.3) is 0 Å². The van der Waals surface area contributed by atoms with Gasteiger partial charge in [-0.3, -0.25) is 4.21 Å². The summed E-state index contributed by atoms with van der Waals surface area (Å²) < 4.78 is 24.4. The first-order valence-electron chi connectivity index (χ1n) is 8.39. The molecule has 1 saturated heterocycles. The third-order valence-electron chi connectivity index (χ3n) is 4.20. The van der Waals surface area contributed by atoms with Crippen LogP contribution < -0.4 is 4.90 Å². The van der Waals surface area contributed by atoms with Gasteiger partial charge in [-0.1, -0.05) is 24.8 Å². The van der Waals surface area contributed by atoms with E-state index >= 15 is 0 Å². The van der Waals surface area contributed by atoms with Crippen LogP contribution >= 0.6 is 0 Å². The molecule has 1 atom stereocenters. The van der Waals surface area contributed by atoms with Gasteiger partial charge in [0.1, 0.15) is 11.6 Å². The Morgan fingerprint density at radius 3 is 2.73 bits per heavy atom. The van der Waals surface area contributed by atoms with Gasteiger partial charge < -0.3 is 4.90 Å². The highest BCUT2D eigenvalue weighted by molar-refractivity contribution is 7.84. The fourth-order valence-electron chi connectivity index (χ4n) is 2.66. The highest BCUT2D eigenvalue weighted by Crippen LogP contribution is 2.28. The Hall–Kier alpha value is -2.41. The molecule has 0 radical (unpaired) electrons. The molecule has 26 heavy (non-hydrogen) atoms. The van der Waals surface area contributed by atoms with Crippen molar-refractivity contribution in [2.45, 2.75) is 24.4 Å². The minimum atomic E-state index is -1.24. The Morgan fingerprint density at radius 1 is 1.35 bits per heavy atom. The molecule has 1 aliphatic heterocycles. The summed E-state index contributed by atoms with van der Waals surface area (Å²) in [5, 5.41) is 1.19. The van der Waals surface area contributed by atoms with E-state index < -0.39 is 16.6 Å². The summed E-state index contributed by atoms with van der Waals surface area (Å²) in [6.45, 7) is 9.04. The molecule has 7 heteroatoms. The zero-order chi connectivity index (χ0) is 18.7. The van der Waals surface area contributed by atoms with Crippen molar-refractivity contribution in [3.8, 4) is 0 Å². The van der Waals surface area contributed by atoms with Crippen LogP contribution in [0.3, 0.4) is 0 Å². The van der Waals surface area contributed by atoms with Crippen LogP contribution in [0.1, 0.15) is 18.5 Å². The van der Waals surface area contributed by atoms with Crippen LogP contribution in [0.15, 0.2) is 54.1 Å². The fraction of sp³-hybridized carbons (Fsp3) is 0.316. The van der Waals surface area contributed by atoms with Crippen LogP contribution in [0, 0.1) is 0 Å². The van der Waals surface area contributed by atoms with E-state index in [1.165, 1.54) is 6.08 Å². The number of halogens is 1. The van der Waals surface area contributed by atoms with Crippen molar-refractivity contribution >= 4 is 27.5 Å². The average molecular weight is 372 g/mol. The number of anilines is 1. The number of pyridine rings is 1. The number of hydrogen-bond donors (Lipinski definition) is 0. The van der Waals surface area contributed by atoms with Crippen molar-refractivity contribution in [3.63, 3.8) is 0 Å². The van der Waals surface area contributed by atoms with Gasteiger partial charge >= 0.3 is 0 Å². The van der Waals surface area contributed by atoms with E-state index in [4.69, 9.17) is 4.98 Å². The Balaban J connectivity index is 1.90. The molecule has 1 fully saturated rings. The van der Waals surface area contributed by atoms with Gasteiger partial charge in [-0.25, -0.2) is 19.3 Å². The van der Waals surface area contributed by atoms with E-state index in [0.717, 1.165) is 47.5 Å². The van der Waals surface area contributed by atoms with Crippen molar-refractivity contribution in [1.82, 2.24) is 15.0 Å². The van der Waals surface area contributed by atoms with E-state index in [1.54, 1.807) is 18.5 Å². The maximum Gasteiger partial charge on any atom is 0.218 e. The lowest BCUT2D eigenvalue weighted by Crippen LogP contribution is -2.38. The maximum absolute atomic E-state index is 12.7. The quantitative estimate of drug-likeness (QED) is 0.550. The van der Waals surface area contributed by atoms with E-state index in [-0.39, 0.29) is 0 Å². The largest absolute Gasteiger partial charge is 0.356 e. The molecule has 0 aromatic carbocycles. The molecule has 0 saturated carbocycles. The standard InChI is InChI=1S/C19H21FN4OS/c1-13(5-7-14(2)20)6-8-15-11-17-16(12-21-19(23-17)26(3)25)18(22-15)24-9-4-10-24/h5,7,11-12H,1-2,4,6,8-10H2,3H3/b7-5-. The molecule has 1 aliphatic rings. The minimum absolute atomic E-state index is 0.318. The van der Waals surface area contributed by atoms with Gasteiger partial charge in [-0.05, 0) is 31.4 Å². The predicted octanol–water partition coefficient (Wildman–Crippen LogP) is 3.50. The third-order valence-corrected chi connectivity index (χ3v) is 4.92. The summed E-state index contributed by atoms with van der Waals surface area (Å²) in [7, 11) is -1.24. The predicted molar refractivity (Wildman–Crippen MR) is 103 cm³/mol. The number of nitrogens with zero attached hydrogens (tertiary/aromatic N) is 4. The van der Waals surface area contributed by atoms with Crippen molar-refractivity contribution in [3.05, 3.63) is 54.7 Å². The van der Waals surface area contributed by atoms with Crippen molar-refractivity contribution < 1.29 is 8.60 Å². The number of hydrogen-bond acceptors (Lipinski definition) is 5. The van der Waals surface area contributed by atoms with Crippen molar-refractivity contribution in [2.75, 3.05) is 24.2 Å². The fourth-order valence-corrected chi connectivity index (χ4v) is 3.09. The summed E-state index contributed by atoms with van der Waals surface area (Å²) in [6, 6.07) is 1.90. The SMILES string of the molecule is C=C(F)/C=C\C(=C)CCc1cc2nc(S(C)=O)ncc2c(N2CCC2)n1. The molecule has 3 rings (SSSR count). The second kappa shape index (κ2) is 7.86. The van der Waals surface area contributed by atoms with E-state index in [1.807, 2.05) is 6.07 Å². The van der Waals surface area contributed by atoms with Crippen LogP contribution in [0.25, 0.3) is 10.9 Å². The summed E-state index contributed by atoms with van der Waals surface area (Å²) in [5.41, 5.74) is 2.42. The van der Waals surface area contributed by atoms with Gasteiger partial charge in [-0.2, -0.15) is 0 Å². The number of fused-ring (bicyclic) bond motifs is 1. The topological polar surface area (TPSA) is 59.0 Å². The molecular weight excluding hydrogens is 351 g/mol. The zero-order valence-corrected chi connectivity index (χ0v) is 15.6. The number of allylic oxidation sites excluding steroid dienone is 4. The molecule has 0 amide bonds. The van der Waals surface area contributed by atoms with Gasteiger partial charge in [-0.15, -0.1) is 0 Å². The van der Waals surface area contributed by atoms with Gasteiger partial charge in [0.15, 0.2) is 0 Å². The van der Waals surface area contributed by atoms with Crippen molar-refractivity contribution in [2.24, 2.45) is 0 Å². The molecule has 2 aromatic rings. The second-order valence-corrected chi connectivity index (χ2v) is 7.53. The normalized spacial score (nSPS) is 15.2. The Kier molecular flexibility index (Phi) is 5.56. The molecule has 0 N–H and O–H groups in total.